The first-order valence-corrected chi connectivity index (χ1v) is 9.67. The van der Waals surface area contributed by atoms with Gasteiger partial charge in [0.25, 0.3) is 0 Å². The summed E-state index contributed by atoms with van der Waals surface area (Å²) in [5, 5.41) is 15.1. The highest BCUT2D eigenvalue weighted by molar-refractivity contribution is 5.73. The molecule has 0 saturated carbocycles. The van der Waals surface area contributed by atoms with Gasteiger partial charge in [0.1, 0.15) is 0 Å². The van der Waals surface area contributed by atoms with E-state index in [0.29, 0.717) is 25.9 Å². The number of likely N-dealkylation sites (tertiary alicyclic amines) is 1. The van der Waals surface area contributed by atoms with E-state index in [4.69, 9.17) is 0 Å². The van der Waals surface area contributed by atoms with Crippen LogP contribution in [0.3, 0.4) is 0 Å². The minimum absolute atomic E-state index is 0.183. The predicted octanol–water partition coefficient (Wildman–Crippen LogP) is 3.02. The zero-order valence-electron chi connectivity index (χ0n) is 15.5. The van der Waals surface area contributed by atoms with Gasteiger partial charge in [-0.3, -0.25) is 4.90 Å². The molecule has 25 heavy (non-hydrogen) atoms. The van der Waals surface area contributed by atoms with Crippen molar-refractivity contribution in [2.24, 2.45) is 0 Å². The second-order valence-corrected chi connectivity index (χ2v) is 6.97. The van der Waals surface area contributed by atoms with Crippen molar-refractivity contribution in [3.8, 4) is 0 Å². The van der Waals surface area contributed by atoms with Crippen LogP contribution in [0.5, 0.6) is 0 Å². The highest BCUT2D eigenvalue weighted by atomic mass is 16.3. The molecular weight excluding hydrogens is 314 g/mol. The summed E-state index contributed by atoms with van der Waals surface area (Å²) in [6.45, 7) is 6.38. The van der Waals surface area contributed by atoms with Crippen LogP contribution >= 0.6 is 0 Å². The van der Waals surface area contributed by atoms with Crippen molar-refractivity contribution in [2.45, 2.75) is 64.6 Å². The first kappa shape index (κ1) is 19.7. The maximum absolute atomic E-state index is 11.7. The van der Waals surface area contributed by atoms with Gasteiger partial charge in [0.05, 0.1) is 6.10 Å². The quantitative estimate of drug-likeness (QED) is 0.677. The van der Waals surface area contributed by atoms with Crippen molar-refractivity contribution < 1.29 is 9.90 Å². The van der Waals surface area contributed by atoms with Crippen molar-refractivity contribution in [1.29, 1.82) is 0 Å². The van der Waals surface area contributed by atoms with Crippen molar-refractivity contribution >= 4 is 6.03 Å². The van der Waals surface area contributed by atoms with Crippen LogP contribution in [0, 0.1) is 0 Å². The van der Waals surface area contributed by atoms with E-state index in [9.17, 15) is 9.90 Å². The topological polar surface area (TPSA) is 64.6 Å². The van der Waals surface area contributed by atoms with Crippen molar-refractivity contribution in [3.05, 3.63) is 35.4 Å². The van der Waals surface area contributed by atoms with E-state index in [-0.39, 0.29) is 12.1 Å². The third kappa shape index (κ3) is 7.88. The maximum Gasteiger partial charge on any atom is 0.315 e. The molecule has 2 rings (SSSR count). The summed E-state index contributed by atoms with van der Waals surface area (Å²) in [7, 11) is 0. The molecule has 1 heterocycles. The molecule has 1 saturated heterocycles. The Balaban J connectivity index is 1.68. The molecule has 0 bridgehead atoms. The van der Waals surface area contributed by atoms with Gasteiger partial charge in [0.2, 0.25) is 0 Å². The lowest BCUT2D eigenvalue weighted by atomic mass is 10.1. The van der Waals surface area contributed by atoms with E-state index in [1.165, 1.54) is 44.3 Å². The fraction of sp³-hybridized carbons (Fsp3) is 0.650. The molecule has 0 radical (unpaired) electrons. The molecule has 1 aliphatic heterocycles. The Bertz CT molecular complexity index is 496. The second kappa shape index (κ2) is 11.1. The molecule has 3 N–H and O–H groups in total. The van der Waals surface area contributed by atoms with E-state index < -0.39 is 0 Å². The molecule has 1 aromatic rings. The number of urea groups is 1. The zero-order chi connectivity index (χ0) is 17.9. The number of hydrogen-bond donors (Lipinski definition) is 3. The van der Waals surface area contributed by atoms with Gasteiger partial charge in [0, 0.05) is 19.6 Å². The van der Waals surface area contributed by atoms with Crippen molar-refractivity contribution in [2.75, 3.05) is 19.6 Å². The normalized spacial score (nSPS) is 16.9. The standard InChI is InChI=1S/C20H33N3O2/c1-2-19(24)11-12-21-20(25)22-15-17-7-9-18(10-8-17)16-23-13-5-3-4-6-14-23/h7-10,19,24H,2-6,11-16H2,1H3,(H2,21,22,25). The molecule has 2 amide bonds. The van der Waals surface area contributed by atoms with Crippen molar-refractivity contribution in [1.82, 2.24) is 15.5 Å². The first-order chi connectivity index (χ1) is 12.2. The molecule has 1 unspecified atom stereocenters. The maximum atomic E-state index is 11.7. The van der Waals surface area contributed by atoms with Crippen LogP contribution in [0.25, 0.3) is 0 Å². The monoisotopic (exact) mass is 347 g/mol. The summed E-state index contributed by atoms with van der Waals surface area (Å²) in [5.41, 5.74) is 2.44. The average Bonchev–Trinajstić information content (AvgIpc) is 2.89. The third-order valence-corrected chi connectivity index (χ3v) is 4.82. The Kier molecular flexibility index (Phi) is 8.77. The van der Waals surface area contributed by atoms with Crippen LogP contribution in [0.2, 0.25) is 0 Å². The van der Waals surface area contributed by atoms with Gasteiger partial charge >= 0.3 is 6.03 Å². The number of aliphatic hydroxyl groups excluding tert-OH is 1. The first-order valence-electron chi connectivity index (χ1n) is 9.67. The number of carbonyl (C=O) groups is 1. The van der Waals surface area contributed by atoms with Gasteiger partial charge < -0.3 is 15.7 Å². The molecule has 5 nitrogen and oxygen atoms in total. The summed E-state index contributed by atoms with van der Waals surface area (Å²) in [5.74, 6) is 0. The fourth-order valence-corrected chi connectivity index (χ4v) is 3.12. The SMILES string of the molecule is CCC(O)CCNC(=O)NCc1ccc(CN2CCCCCC2)cc1. The number of benzene rings is 1. The number of nitrogens with zero attached hydrogens (tertiary/aromatic N) is 1. The van der Waals surface area contributed by atoms with Gasteiger partial charge in [0.15, 0.2) is 0 Å². The lowest BCUT2D eigenvalue weighted by molar-refractivity contribution is 0.160. The average molecular weight is 348 g/mol. The molecule has 1 fully saturated rings. The lowest BCUT2D eigenvalue weighted by Gasteiger charge is -2.19. The molecular formula is C20H33N3O2. The van der Waals surface area contributed by atoms with Crippen LogP contribution in [-0.4, -0.2) is 41.8 Å². The summed E-state index contributed by atoms with van der Waals surface area (Å²) in [4.78, 5) is 14.3. The predicted molar refractivity (Wildman–Crippen MR) is 101 cm³/mol. The molecule has 0 aromatic heterocycles. The van der Waals surface area contributed by atoms with Gasteiger partial charge in [-0.1, -0.05) is 44.0 Å². The zero-order valence-corrected chi connectivity index (χ0v) is 15.5. The molecule has 140 valence electrons. The Morgan fingerprint density at radius 1 is 1.08 bits per heavy atom. The van der Waals surface area contributed by atoms with E-state index in [2.05, 4.69) is 39.8 Å². The molecule has 0 spiro atoms. The van der Waals surface area contributed by atoms with Gasteiger partial charge in [-0.25, -0.2) is 4.79 Å². The van der Waals surface area contributed by atoms with Crippen LogP contribution in [0.4, 0.5) is 4.79 Å². The Morgan fingerprint density at radius 3 is 2.36 bits per heavy atom. The van der Waals surface area contributed by atoms with E-state index in [1.54, 1.807) is 0 Å². The highest BCUT2D eigenvalue weighted by Crippen LogP contribution is 2.13. The van der Waals surface area contributed by atoms with Crippen LogP contribution < -0.4 is 10.6 Å². The Labute approximate surface area is 151 Å². The number of amides is 2. The number of aliphatic hydroxyl groups is 1. The third-order valence-electron chi connectivity index (χ3n) is 4.82. The lowest BCUT2D eigenvalue weighted by Crippen LogP contribution is -2.36. The van der Waals surface area contributed by atoms with E-state index >= 15 is 0 Å². The molecule has 0 aliphatic carbocycles. The Hall–Kier alpha value is -1.59. The molecule has 1 aromatic carbocycles. The molecule has 1 aliphatic rings. The van der Waals surface area contributed by atoms with Gasteiger partial charge in [-0.15, -0.1) is 0 Å². The molecule has 1 atom stereocenters. The minimum Gasteiger partial charge on any atom is -0.393 e. The minimum atomic E-state index is -0.336. The number of hydrogen-bond acceptors (Lipinski definition) is 3. The van der Waals surface area contributed by atoms with E-state index in [1.807, 2.05) is 6.92 Å². The van der Waals surface area contributed by atoms with Crippen LogP contribution in [0.15, 0.2) is 24.3 Å². The summed E-state index contributed by atoms with van der Waals surface area (Å²) >= 11 is 0. The van der Waals surface area contributed by atoms with Gasteiger partial charge in [-0.2, -0.15) is 0 Å². The molecule has 5 heteroatoms. The van der Waals surface area contributed by atoms with Gasteiger partial charge in [-0.05, 0) is 49.9 Å². The highest BCUT2D eigenvalue weighted by Gasteiger charge is 2.09. The largest absolute Gasteiger partial charge is 0.393 e. The van der Waals surface area contributed by atoms with Crippen LogP contribution in [0.1, 0.15) is 56.6 Å². The number of nitrogens with one attached hydrogen (secondary N) is 2. The van der Waals surface area contributed by atoms with Crippen molar-refractivity contribution in [3.63, 3.8) is 0 Å². The summed E-state index contributed by atoms with van der Waals surface area (Å²) < 4.78 is 0. The van der Waals surface area contributed by atoms with E-state index in [0.717, 1.165) is 12.1 Å². The summed E-state index contributed by atoms with van der Waals surface area (Å²) in [6, 6.07) is 8.33. The number of carbonyl (C=O) groups excluding carboxylic acids is 1. The smallest absolute Gasteiger partial charge is 0.315 e. The Morgan fingerprint density at radius 2 is 1.72 bits per heavy atom. The number of rotatable bonds is 8. The fourth-order valence-electron chi connectivity index (χ4n) is 3.12. The second-order valence-electron chi connectivity index (χ2n) is 6.97. The summed E-state index contributed by atoms with van der Waals surface area (Å²) in [6.07, 6.45) is 6.32. The van der Waals surface area contributed by atoms with Crippen LogP contribution in [-0.2, 0) is 13.1 Å².